The van der Waals surface area contributed by atoms with Crippen molar-refractivity contribution in [3.05, 3.63) is 46.6 Å². The molecule has 1 aliphatic carbocycles. The first-order valence-corrected chi connectivity index (χ1v) is 9.88. The lowest BCUT2D eigenvalue weighted by atomic mass is 9.97. The summed E-state index contributed by atoms with van der Waals surface area (Å²) in [6.45, 7) is 2.33. The zero-order valence-corrected chi connectivity index (χ0v) is 15.7. The van der Waals surface area contributed by atoms with Gasteiger partial charge in [0.1, 0.15) is 17.0 Å². The first-order valence-electron chi connectivity index (χ1n) is 9.06. The molecule has 0 fully saturated rings. The maximum Gasteiger partial charge on any atom is 0.221 e. The molecule has 0 saturated carbocycles. The van der Waals surface area contributed by atoms with E-state index in [1.54, 1.807) is 6.33 Å². The molecule has 2 aromatic heterocycles. The normalized spacial score (nSPS) is 13.4. The second-order valence-electron chi connectivity index (χ2n) is 6.67. The van der Waals surface area contributed by atoms with Crippen LogP contribution in [-0.4, -0.2) is 22.4 Å². The molecule has 0 bridgehead atoms. The number of benzene rings is 1. The summed E-state index contributed by atoms with van der Waals surface area (Å²) in [5.74, 6) is 0.913. The fourth-order valence-electron chi connectivity index (χ4n) is 3.51. The van der Waals surface area contributed by atoms with Gasteiger partial charge in [-0.3, -0.25) is 4.79 Å². The zero-order chi connectivity index (χ0) is 17.9. The van der Waals surface area contributed by atoms with Gasteiger partial charge in [0.2, 0.25) is 5.91 Å². The fourth-order valence-corrected chi connectivity index (χ4v) is 4.74. The Morgan fingerprint density at radius 3 is 2.77 bits per heavy atom. The third-order valence-electron chi connectivity index (χ3n) is 4.73. The number of hydrogen-bond acceptors (Lipinski definition) is 5. The molecular formula is C20H22N4OS. The number of nitrogens with one attached hydrogen (secondary N) is 2. The predicted octanol–water partition coefficient (Wildman–Crippen LogP) is 4.18. The molecule has 3 aromatic rings. The quantitative estimate of drug-likeness (QED) is 0.711. The number of aryl methyl sites for hydroxylation is 2. The van der Waals surface area contributed by atoms with Crippen molar-refractivity contribution in [1.29, 1.82) is 0 Å². The number of rotatable bonds is 5. The molecule has 26 heavy (non-hydrogen) atoms. The van der Waals surface area contributed by atoms with Gasteiger partial charge in [0.15, 0.2) is 0 Å². The van der Waals surface area contributed by atoms with Gasteiger partial charge in [-0.15, -0.1) is 11.3 Å². The van der Waals surface area contributed by atoms with E-state index in [1.807, 2.05) is 23.5 Å². The van der Waals surface area contributed by atoms with Crippen molar-refractivity contribution < 1.29 is 4.79 Å². The van der Waals surface area contributed by atoms with E-state index in [0.29, 0.717) is 0 Å². The number of carbonyl (C=O) groups excluding carboxylic acids is 1. The molecule has 134 valence electrons. The molecule has 1 amide bonds. The Labute approximate surface area is 156 Å². The highest BCUT2D eigenvalue weighted by atomic mass is 32.1. The van der Waals surface area contributed by atoms with Crippen molar-refractivity contribution in [1.82, 2.24) is 9.97 Å². The van der Waals surface area contributed by atoms with Crippen LogP contribution >= 0.6 is 11.3 Å². The molecule has 0 spiro atoms. The van der Waals surface area contributed by atoms with Crippen LogP contribution in [-0.2, 0) is 24.1 Å². The Morgan fingerprint density at radius 1 is 1.15 bits per heavy atom. The number of anilines is 2. The molecule has 0 unspecified atom stereocenters. The first-order chi connectivity index (χ1) is 12.7. The second kappa shape index (κ2) is 7.41. The maximum atomic E-state index is 11.1. The number of carbonyl (C=O) groups is 1. The molecule has 0 aliphatic heterocycles. The highest BCUT2D eigenvalue weighted by molar-refractivity contribution is 7.19. The monoisotopic (exact) mass is 366 g/mol. The zero-order valence-electron chi connectivity index (χ0n) is 14.8. The topological polar surface area (TPSA) is 66.9 Å². The molecule has 1 aromatic carbocycles. The van der Waals surface area contributed by atoms with Crippen LogP contribution in [0.25, 0.3) is 10.2 Å². The molecule has 1 aliphatic rings. The van der Waals surface area contributed by atoms with Gasteiger partial charge in [-0.25, -0.2) is 9.97 Å². The molecular weight excluding hydrogens is 344 g/mol. The molecule has 0 atom stereocenters. The summed E-state index contributed by atoms with van der Waals surface area (Å²) in [6.07, 6.45) is 7.42. The Hall–Kier alpha value is -2.47. The number of nitrogens with zero attached hydrogens (tertiary/aromatic N) is 2. The van der Waals surface area contributed by atoms with E-state index in [-0.39, 0.29) is 5.91 Å². The molecule has 6 heteroatoms. The van der Waals surface area contributed by atoms with Gasteiger partial charge in [-0.05, 0) is 55.4 Å². The van der Waals surface area contributed by atoms with Crippen molar-refractivity contribution in [2.45, 2.75) is 39.0 Å². The van der Waals surface area contributed by atoms with Gasteiger partial charge in [-0.1, -0.05) is 12.1 Å². The molecule has 4 rings (SSSR count). The standard InChI is InChI=1S/C20H22N4OS/c1-13(25)24-15-8-6-14(7-9-15)10-11-21-19-18-16-4-2-3-5-17(16)26-20(18)23-12-22-19/h6-9,12H,2-5,10-11H2,1H3,(H,24,25)(H,21,22,23). The minimum Gasteiger partial charge on any atom is -0.369 e. The number of hydrogen-bond donors (Lipinski definition) is 2. The largest absolute Gasteiger partial charge is 0.369 e. The summed E-state index contributed by atoms with van der Waals surface area (Å²) in [5.41, 5.74) is 3.51. The van der Waals surface area contributed by atoms with Gasteiger partial charge in [0.25, 0.3) is 0 Å². The lowest BCUT2D eigenvalue weighted by Gasteiger charge is -2.12. The van der Waals surface area contributed by atoms with E-state index in [2.05, 4.69) is 32.7 Å². The Balaban J connectivity index is 1.45. The van der Waals surface area contributed by atoms with E-state index in [9.17, 15) is 4.79 Å². The van der Waals surface area contributed by atoms with Gasteiger partial charge < -0.3 is 10.6 Å². The summed E-state index contributed by atoms with van der Waals surface area (Å²) in [5, 5.41) is 7.52. The van der Waals surface area contributed by atoms with Crippen LogP contribution in [0.15, 0.2) is 30.6 Å². The third kappa shape index (κ3) is 3.55. The van der Waals surface area contributed by atoms with E-state index < -0.39 is 0 Å². The molecule has 2 N–H and O–H groups in total. The minimum absolute atomic E-state index is 0.0497. The minimum atomic E-state index is -0.0497. The van der Waals surface area contributed by atoms with E-state index in [1.165, 1.54) is 47.6 Å². The van der Waals surface area contributed by atoms with Crippen LogP contribution in [0, 0.1) is 0 Å². The van der Waals surface area contributed by atoms with E-state index >= 15 is 0 Å². The van der Waals surface area contributed by atoms with Crippen LogP contribution in [0.3, 0.4) is 0 Å². The Morgan fingerprint density at radius 2 is 1.96 bits per heavy atom. The number of amides is 1. The highest BCUT2D eigenvalue weighted by Gasteiger charge is 2.19. The van der Waals surface area contributed by atoms with Crippen LogP contribution in [0.2, 0.25) is 0 Å². The van der Waals surface area contributed by atoms with Crippen molar-refractivity contribution >= 4 is 39.0 Å². The van der Waals surface area contributed by atoms with E-state index in [4.69, 9.17) is 0 Å². The van der Waals surface area contributed by atoms with Crippen LogP contribution < -0.4 is 10.6 Å². The van der Waals surface area contributed by atoms with Gasteiger partial charge in [0.05, 0.1) is 5.39 Å². The lowest BCUT2D eigenvalue weighted by molar-refractivity contribution is -0.114. The smallest absolute Gasteiger partial charge is 0.221 e. The maximum absolute atomic E-state index is 11.1. The second-order valence-corrected chi connectivity index (χ2v) is 7.75. The first kappa shape index (κ1) is 17.0. The Bertz CT molecular complexity index is 933. The van der Waals surface area contributed by atoms with Crippen molar-refractivity contribution in [3.8, 4) is 0 Å². The summed E-state index contributed by atoms with van der Waals surface area (Å²) in [4.78, 5) is 22.7. The van der Waals surface area contributed by atoms with Gasteiger partial charge >= 0.3 is 0 Å². The van der Waals surface area contributed by atoms with Gasteiger partial charge in [0, 0.05) is 24.0 Å². The summed E-state index contributed by atoms with van der Waals surface area (Å²) < 4.78 is 0. The van der Waals surface area contributed by atoms with Crippen LogP contribution in [0.1, 0.15) is 35.8 Å². The summed E-state index contributed by atoms with van der Waals surface area (Å²) in [6, 6.07) is 7.98. The van der Waals surface area contributed by atoms with Crippen LogP contribution in [0.4, 0.5) is 11.5 Å². The number of fused-ring (bicyclic) bond motifs is 3. The van der Waals surface area contributed by atoms with Gasteiger partial charge in [-0.2, -0.15) is 0 Å². The molecule has 0 saturated heterocycles. The van der Waals surface area contributed by atoms with Crippen LogP contribution in [0.5, 0.6) is 0 Å². The summed E-state index contributed by atoms with van der Waals surface area (Å²) >= 11 is 1.82. The predicted molar refractivity (Wildman–Crippen MR) is 107 cm³/mol. The summed E-state index contributed by atoms with van der Waals surface area (Å²) in [7, 11) is 0. The number of thiophene rings is 1. The Kier molecular flexibility index (Phi) is 4.84. The molecule has 0 radical (unpaired) electrons. The molecule has 5 nitrogen and oxygen atoms in total. The highest BCUT2D eigenvalue weighted by Crippen LogP contribution is 2.38. The average molecular weight is 366 g/mol. The van der Waals surface area contributed by atoms with Crippen molar-refractivity contribution in [3.63, 3.8) is 0 Å². The average Bonchev–Trinajstić information content (AvgIpc) is 3.02. The SMILES string of the molecule is CC(=O)Nc1ccc(CCNc2ncnc3sc4c(c23)CCCC4)cc1. The fraction of sp³-hybridized carbons (Fsp3) is 0.350. The molecule has 2 heterocycles. The van der Waals surface area contributed by atoms with Crippen molar-refractivity contribution in [2.75, 3.05) is 17.2 Å². The third-order valence-corrected chi connectivity index (χ3v) is 5.93. The number of aromatic nitrogens is 2. The lowest BCUT2D eigenvalue weighted by Crippen LogP contribution is -2.08. The van der Waals surface area contributed by atoms with Crippen molar-refractivity contribution in [2.24, 2.45) is 0 Å². The van der Waals surface area contributed by atoms with E-state index in [0.717, 1.165) is 35.7 Å².